The zero-order chi connectivity index (χ0) is 20.3. The van der Waals surface area contributed by atoms with Crippen LogP contribution in [0.2, 0.25) is 5.02 Å². The molecule has 0 spiro atoms. The third kappa shape index (κ3) is 4.92. The van der Waals surface area contributed by atoms with Crippen LogP contribution in [-0.2, 0) is 10.0 Å². The molecule has 144 valence electrons. The first-order valence-electron chi connectivity index (χ1n) is 8.20. The third-order valence-corrected chi connectivity index (χ3v) is 6.12. The van der Waals surface area contributed by atoms with E-state index in [-0.39, 0.29) is 10.8 Å². The molecular formula is C20H16BrClN2O3S. The van der Waals surface area contributed by atoms with Crippen molar-refractivity contribution in [3.05, 3.63) is 87.4 Å². The van der Waals surface area contributed by atoms with Crippen molar-refractivity contribution < 1.29 is 13.2 Å². The second-order valence-corrected chi connectivity index (χ2v) is 9.08. The number of hydrogen-bond acceptors (Lipinski definition) is 3. The summed E-state index contributed by atoms with van der Waals surface area (Å²) in [6.07, 6.45) is 0. The molecule has 1 amide bonds. The van der Waals surface area contributed by atoms with Crippen molar-refractivity contribution in [2.24, 2.45) is 0 Å². The fraction of sp³-hybridized carbons (Fsp3) is 0.0500. The maximum atomic E-state index is 12.5. The summed E-state index contributed by atoms with van der Waals surface area (Å²) in [5.74, 6) is -0.389. The quantitative estimate of drug-likeness (QED) is 0.510. The molecule has 0 saturated carbocycles. The van der Waals surface area contributed by atoms with E-state index in [1.54, 1.807) is 30.3 Å². The molecule has 0 aliphatic carbocycles. The lowest BCUT2D eigenvalue weighted by molar-refractivity contribution is 0.102. The molecule has 8 heteroatoms. The smallest absolute Gasteiger partial charge is 0.261 e. The zero-order valence-electron chi connectivity index (χ0n) is 14.7. The van der Waals surface area contributed by atoms with Gasteiger partial charge >= 0.3 is 0 Å². The zero-order valence-corrected chi connectivity index (χ0v) is 17.9. The lowest BCUT2D eigenvalue weighted by Gasteiger charge is -2.10. The van der Waals surface area contributed by atoms with Crippen molar-refractivity contribution in [2.45, 2.75) is 11.8 Å². The van der Waals surface area contributed by atoms with Gasteiger partial charge in [0, 0.05) is 15.8 Å². The minimum Gasteiger partial charge on any atom is -0.322 e. The molecule has 3 rings (SSSR count). The molecule has 3 aromatic rings. The van der Waals surface area contributed by atoms with Gasteiger partial charge in [-0.2, -0.15) is 0 Å². The van der Waals surface area contributed by atoms with Gasteiger partial charge in [-0.1, -0.05) is 45.2 Å². The predicted molar refractivity (Wildman–Crippen MR) is 116 cm³/mol. The van der Waals surface area contributed by atoms with Gasteiger partial charge in [0.2, 0.25) is 0 Å². The number of rotatable bonds is 5. The summed E-state index contributed by atoms with van der Waals surface area (Å²) in [5, 5.41) is 3.02. The number of aryl methyl sites for hydroxylation is 1. The van der Waals surface area contributed by atoms with Gasteiger partial charge in [0.15, 0.2) is 0 Å². The number of benzene rings is 3. The highest BCUT2D eigenvalue weighted by molar-refractivity contribution is 9.10. The van der Waals surface area contributed by atoms with E-state index in [4.69, 9.17) is 11.6 Å². The van der Waals surface area contributed by atoms with Gasteiger partial charge in [0.05, 0.1) is 15.5 Å². The Bertz CT molecular complexity index is 1120. The number of carbonyl (C=O) groups excluding carboxylic acids is 1. The van der Waals surface area contributed by atoms with Gasteiger partial charge in [0.1, 0.15) is 0 Å². The Hall–Kier alpha value is -2.35. The van der Waals surface area contributed by atoms with Gasteiger partial charge in [-0.05, 0) is 61.5 Å². The van der Waals surface area contributed by atoms with E-state index >= 15 is 0 Å². The van der Waals surface area contributed by atoms with Gasteiger partial charge < -0.3 is 5.32 Å². The minimum absolute atomic E-state index is 0.0894. The summed E-state index contributed by atoms with van der Waals surface area (Å²) in [7, 11) is -3.73. The molecule has 2 N–H and O–H groups in total. The Kier molecular flexibility index (Phi) is 6.07. The number of carbonyl (C=O) groups is 1. The van der Waals surface area contributed by atoms with E-state index in [2.05, 4.69) is 26.0 Å². The number of nitrogens with one attached hydrogen (secondary N) is 2. The van der Waals surface area contributed by atoms with Gasteiger partial charge in [-0.15, -0.1) is 0 Å². The largest absolute Gasteiger partial charge is 0.322 e. The second kappa shape index (κ2) is 8.34. The molecule has 0 aliphatic heterocycles. The summed E-state index contributed by atoms with van der Waals surface area (Å²) in [6.45, 7) is 1.92. The standard InChI is InChI=1S/C20H16BrClN2O3S/c1-13-2-5-16(6-3-13)24-28(26,27)17-9-7-15(8-10-17)23-20(25)18-12-14(21)4-11-19(18)22/h2-12,24H,1H3,(H,23,25). The lowest BCUT2D eigenvalue weighted by atomic mass is 10.2. The molecule has 0 aliphatic rings. The van der Waals surface area contributed by atoms with Gasteiger partial charge in [0.25, 0.3) is 15.9 Å². The third-order valence-electron chi connectivity index (χ3n) is 3.90. The van der Waals surface area contributed by atoms with Crippen LogP contribution in [0.4, 0.5) is 11.4 Å². The average molecular weight is 480 g/mol. The molecule has 0 bridgehead atoms. The van der Waals surface area contributed by atoms with Crippen LogP contribution in [0.15, 0.2) is 76.1 Å². The molecule has 0 saturated heterocycles. The van der Waals surface area contributed by atoms with E-state index in [1.165, 1.54) is 24.3 Å². The highest BCUT2D eigenvalue weighted by Gasteiger charge is 2.15. The summed E-state index contributed by atoms with van der Waals surface area (Å²) >= 11 is 9.36. The van der Waals surface area contributed by atoms with Crippen molar-refractivity contribution in [3.8, 4) is 0 Å². The monoisotopic (exact) mass is 478 g/mol. The van der Waals surface area contributed by atoms with Crippen LogP contribution in [-0.4, -0.2) is 14.3 Å². The maximum absolute atomic E-state index is 12.5. The van der Waals surface area contributed by atoms with Crippen LogP contribution in [0.3, 0.4) is 0 Å². The Balaban J connectivity index is 1.74. The minimum atomic E-state index is -3.73. The van der Waals surface area contributed by atoms with Crippen LogP contribution in [0.5, 0.6) is 0 Å². The summed E-state index contributed by atoms with van der Waals surface area (Å²) in [6, 6.07) is 17.9. The first-order valence-corrected chi connectivity index (χ1v) is 10.9. The van der Waals surface area contributed by atoms with Crippen molar-refractivity contribution in [1.82, 2.24) is 0 Å². The summed E-state index contributed by atoms with van der Waals surface area (Å²) in [5.41, 5.74) is 2.28. The van der Waals surface area contributed by atoms with Crippen LogP contribution < -0.4 is 10.0 Å². The van der Waals surface area contributed by atoms with Crippen molar-refractivity contribution in [3.63, 3.8) is 0 Å². The van der Waals surface area contributed by atoms with Gasteiger partial charge in [-0.3, -0.25) is 9.52 Å². The lowest BCUT2D eigenvalue weighted by Crippen LogP contribution is -2.14. The Morgan fingerprint density at radius 2 is 1.54 bits per heavy atom. The summed E-state index contributed by atoms with van der Waals surface area (Å²) < 4.78 is 28.3. The fourth-order valence-corrected chi connectivity index (χ4v) is 4.05. The molecule has 0 heterocycles. The Labute approximate surface area is 176 Å². The molecule has 0 radical (unpaired) electrons. The van der Waals surface area contributed by atoms with E-state index < -0.39 is 10.0 Å². The first-order chi connectivity index (χ1) is 13.2. The van der Waals surface area contributed by atoms with E-state index in [9.17, 15) is 13.2 Å². The number of sulfonamides is 1. The van der Waals surface area contributed by atoms with Crippen LogP contribution in [0.1, 0.15) is 15.9 Å². The normalized spacial score (nSPS) is 11.1. The number of anilines is 2. The molecular weight excluding hydrogens is 464 g/mol. The average Bonchev–Trinajstić information content (AvgIpc) is 2.66. The van der Waals surface area contributed by atoms with Crippen LogP contribution in [0.25, 0.3) is 0 Å². The highest BCUT2D eigenvalue weighted by Crippen LogP contribution is 2.23. The number of hydrogen-bond donors (Lipinski definition) is 2. The van der Waals surface area contributed by atoms with E-state index in [0.29, 0.717) is 22.0 Å². The topological polar surface area (TPSA) is 75.3 Å². The predicted octanol–water partition coefficient (Wildman–Crippen LogP) is 5.46. The Morgan fingerprint density at radius 1 is 0.929 bits per heavy atom. The van der Waals surface area contributed by atoms with Crippen molar-refractivity contribution >= 4 is 54.8 Å². The molecule has 28 heavy (non-hydrogen) atoms. The number of halogens is 2. The van der Waals surface area contributed by atoms with Crippen molar-refractivity contribution in [1.29, 1.82) is 0 Å². The highest BCUT2D eigenvalue weighted by atomic mass is 79.9. The van der Waals surface area contributed by atoms with Crippen molar-refractivity contribution in [2.75, 3.05) is 10.0 Å². The van der Waals surface area contributed by atoms with Crippen LogP contribution in [0, 0.1) is 6.92 Å². The summed E-state index contributed by atoms with van der Waals surface area (Å²) in [4.78, 5) is 12.5. The molecule has 0 atom stereocenters. The molecule has 0 fully saturated rings. The SMILES string of the molecule is Cc1ccc(NS(=O)(=O)c2ccc(NC(=O)c3cc(Br)ccc3Cl)cc2)cc1. The molecule has 5 nitrogen and oxygen atoms in total. The fourth-order valence-electron chi connectivity index (χ4n) is 2.42. The Morgan fingerprint density at radius 3 is 2.18 bits per heavy atom. The molecule has 3 aromatic carbocycles. The molecule has 0 unspecified atom stereocenters. The number of amides is 1. The first kappa shape index (κ1) is 20.4. The van der Waals surface area contributed by atoms with E-state index in [1.807, 2.05) is 19.1 Å². The van der Waals surface area contributed by atoms with E-state index in [0.717, 1.165) is 10.0 Å². The van der Waals surface area contributed by atoms with Crippen LogP contribution >= 0.6 is 27.5 Å². The molecule has 0 aromatic heterocycles. The van der Waals surface area contributed by atoms with Gasteiger partial charge in [-0.25, -0.2) is 8.42 Å². The second-order valence-electron chi connectivity index (χ2n) is 6.07. The maximum Gasteiger partial charge on any atom is 0.261 e.